The molecule has 0 aromatic heterocycles. The van der Waals surface area contributed by atoms with Crippen LogP contribution in [0, 0.1) is 18.3 Å². The number of rotatable bonds is 6. The average molecular weight is 419 g/mol. The van der Waals surface area contributed by atoms with E-state index in [4.69, 9.17) is 4.74 Å². The van der Waals surface area contributed by atoms with Crippen LogP contribution in [0.4, 0.5) is 4.79 Å². The summed E-state index contributed by atoms with van der Waals surface area (Å²) in [5.74, 6) is 0.0554. The number of benzene rings is 1. The second-order valence-electron chi connectivity index (χ2n) is 9.87. The summed E-state index contributed by atoms with van der Waals surface area (Å²) in [4.78, 5) is 27.1. The Morgan fingerprint density at radius 1 is 1.30 bits per heavy atom. The highest BCUT2D eigenvalue weighted by molar-refractivity contribution is 5.93. The van der Waals surface area contributed by atoms with Crippen molar-refractivity contribution in [3.8, 4) is 0 Å². The van der Waals surface area contributed by atoms with Crippen molar-refractivity contribution in [2.45, 2.75) is 53.2 Å². The van der Waals surface area contributed by atoms with Crippen molar-refractivity contribution in [3.63, 3.8) is 0 Å². The molecule has 2 heterocycles. The number of carbonyl (C=O) groups excluding carboxylic acids is 1. The van der Waals surface area contributed by atoms with Gasteiger partial charge in [-0.3, -0.25) is 0 Å². The minimum absolute atomic E-state index is 0.0629. The minimum Gasteiger partial charge on any atom is -0.465 e. The number of carboxylic acid groups (broad SMARTS) is 1. The van der Waals surface area contributed by atoms with Crippen LogP contribution in [0.3, 0.4) is 0 Å². The van der Waals surface area contributed by atoms with Gasteiger partial charge in [0.15, 0.2) is 0 Å². The maximum Gasteiger partial charge on any atom is 0.407 e. The Bertz CT molecular complexity index is 794. The zero-order valence-corrected chi connectivity index (χ0v) is 18.5. The largest absolute Gasteiger partial charge is 0.465 e. The van der Waals surface area contributed by atoms with E-state index < -0.39 is 12.2 Å². The van der Waals surface area contributed by atoms with Crippen LogP contribution in [-0.4, -0.2) is 64.8 Å². The molecule has 1 saturated heterocycles. The molecular formula is C23H34N2O5. The first-order chi connectivity index (χ1) is 14.0. The number of aliphatic hydroxyl groups excluding tert-OH is 1. The number of esters is 1. The lowest BCUT2D eigenvalue weighted by atomic mass is 9.92. The smallest absolute Gasteiger partial charge is 0.407 e. The minimum atomic E-state index is -0.850. The van der Waals surface area contributed by atoms with Gasteiger partial charge in [-0.2, -0.15) is 0 Å². The van der Waals surface area contributed by atoms with Crippen LogP contribution in [-0.2, 0) is 11.3 Å². The Labute approximate surface area is 178 Å². The SMILES string of the molecule is Cc1c([C@@H](O)CN2CCC(CN(CC(C)(C)C)C(=O)O)CC2)ccc2c1COC2=O. The molecule has 2 N–H and O–H groups in total. The number of carbonyl (C=O) groups is 2. The number of likely N-dealkylation sites (tertiary alicyclic amines) is 1. The van der Waals surface area contributed by atoms with Crippen LogP contribution < -0.4 is 0 Å². The molecule has 0 radical (unpaired) electrons. The van der Waals surface area contributed by atoms with E-state index in [0.717, 1.165) is 42.6 Å². The number of nitrogens with zero attached hydrogens (tertiary/aromatic N) is 2. The number of fused-ring (bicyclic) bond motifs is 1. The highest BCUT2D eigenvalue weighted by Gasteiger charge is 2.29. The Morgan fingerprint density at radius 2 is 1.97 bits per heavy atom. The van der Waals surface area contributed by atoms with E-state index in [2.05, 4.69) is 25.7 Å². The molecule has 30 heavy (non-hydrogen) atoms. The van der Waals surface area contributed by atoms with Crippen LogP contribution in [0.5, 0.6) is 0 Å². The number of hydrogen-bond acceptors (Lipinski definition) is 5. The molecule has 3 rings (SSSR count). The zero-order valence-electron chi connectivity index (χ0n) is 18.5. The topological polar surface area (TPSA) is 90.3 Å². The van der Waals surface area contributed by atoms with Gasteiger partial charge in [-0.1, -0.05) is 26.8 Å². The van der Waals surface area contributed by atoms with Gasteiger partial charge in [0.05, 0.1) is 11.7 Å². The van der Waals surface area contributed by atoms with Crippen LogP contribution in [0.25, 0.3) is 0 Å². The summed E-state index contributed by atoms with van der Waals surface area (Å²) in [7, 11) is 0. The van der Waals surface area contributed by atoms with Crippen molar-refractivity contribution in [2.24, 2.45) is 11.3 Å². The third-order valence-electron chi connectivity index (χ3n) is 6.12. The lowest BCUT2D eigenvalue weighted by Gasteiger charge is -2.36. The molecule has 1 amide bonds. The highest BCUT2D eigenvalue weighted by atomic mass is 16.5. The Morgan fingerprint density at radius 3 is 2.57 bits per heavy atom. The second-order valence-corrected chi connectivity index (χ2v) is 9.87. The first-order valence-corrected chi connectivity index (χ1v) is 10.7. The molecule has 1 aromatic carbocycles. The molecule has 0 saturated carbocycles. The van der Waals surface area contributed by atoms with E-state index in [1.807, 2.05) is 13.0 Å². The van der Waals surface area contributed by atoms with E-state index in [-0.39, 0.29) is 18.0 Å². The molecule has 2 aliphatic rings. The third kappa shape index (κ3) is 5.32. The number of cyclic esters (lactones) is 1. The summed E-state index contributed by atoms with van der Waals surface area (Å²) in [5.41, 5.74) is 3.19. The van der Waals surface area contributed by atoms with Crippen molar-refractivity contribution in [1.29, 1.82) is 0 Å². The van der Waals surface area contributed by atoms with Gasteiger partial charge < -0.3 is 24.7 Å². The maximum absolute atomic E-state index is 11.7. The molecular weight excluding hydrogens is 384 g/mol. The number of amides is 1. The Hall–Kier alpha value is -2.12. The van der Waals surface area contributed by atoms with Crippen molar-refractivity contribution < 1.29 is 24.5 Å². The van der Waals surface area contributed by atoms with E-state index in [1.54, 1.807) is 11.0 Å². The molecule has 0 unspecified atom stereocenters. The number of ether oxygens (including phenoxy) is 1. The normalized spacial score (nSPS) is 18.8. The van der Waals surface area contributed by atoms with Gasteiger partial charge >= 0.3 is 12.1 Å². The van der Waals surface area contributed by atoms with Crippen LogP contribution in [0.2, 0.25) is 0 Å². The summed E-state index contributed by atoms with van der Waals surface area (Å²) in [6.45, 7) is 11.7. The molecule has 0 bridgehead atoms. The molecule has 1 fully saturated rings. The molecule has 1 atom stereocenters. The second kappa shape index (κ2) is 8.94. The Kier molecular flexibility index (Phi) is 6.72. The number of β-amino-alcohol motifs (C(OH)–C–C–N with tert-alkyl or cyclic N) is 1. The van der Waals surface area contributed by atoms with Crippen LogP contribution in [0.15, 0.2) is 12.1 Å². The highest BCUT2D eigenvalue weighted by Crippen LogP contribution is 2.30. The predicted octanol–water partition coefficient (Wildman–Crippen LogP) is 3.44. The summed E-state index contributed by atoms with van der Waals surface area (Å²) in [6, 6.07) is 3.58. The fraction of sp³-hybridized carbons (Fsp3) is 0.652. The number of hydrogen-bond donors (Lipinski definition) is 2. The van der Waals surface area contributed by atoms with E-state index in [1.165, 1.54) is 0 Å². The molecule has 0 spiro atoms. The first kappa shape index (κ1) is 22.6. The monoisotopic (exact) mass is 418 g/mol. The maximum atomic E-state index is 11.7. The van der Waals surface area contributed by atoms with Gasteiger partial charge in [0.25, 0.3) is 0 Å². The molecule has 166 valence electrons. The predicted molar refractivity (Wildman–Crippen MR) is 113 cm³/mol. The standard InChI is InChI=1S/C23H34N2O5/c1-15-17(5-6-18-19(15)13-30-21(18)27)20(26)12-24-9-7-16(8-10-24)11-25(22(28)29)14-23(2,3)4/h5-6,16,20,26H,7-14H2,1-4H3,(H,28,29)/t20-/m0/s1. The van der Waals surface area contributed by atoms with Gasteiger partial charge in [-0.25, -0.2) is 9.59 Å². The van der Waals surface area contributed by atoms with Crippen molar-refractivity contribution >= 4 is 12.1 Å². The summed E-state index contributed by atoms with van der Waals surface area (Å²) in [5, 5.41) is 20.3. The third-order valence-corrected chi connectivity index (χ3v) is 6.12. The van der Waals surface area contributed by atoms with Gasteiger partial charge in [0, 0.05) is 25.2 Å². The Balaban J connectivity index is 1.53. The molecule has 0 aliphatic carbocycles. The quantitative estimate of drug-likeness (QED) is 0.688. The number of piperidine rings is 1. The van der Waals surface area contributed by atoms with Gasteiger partial charge in [-0.05, 0) is 61.4 Å². The van der Waals surface area contributed by atoms with Crippen molar-refractivity contribution in [3.05, 3.63) is 34.4 Å². The van der Waals surface area contributed by atoms with Crippen molar-refractivity contribution in [2.75, 3.05) is 32.7 Å². The summed E-state index contributed by atoms with van der Waals surface area (Å²) < 4.78 is 5.10. The molecule has 2 aliphatic heterocycles. The molecule has 7 nitrogen and oxygen atoms in total. The van der Waals surface area contributed by atoms with E-state index in [0.29, 0.717) is 31.1 Å². The lowest BCUT2D eigenvalue weighted by Crippen LogP contribution is -2.44. The van der Waals surface area contributed by atoms with Gasteiger partial charge in [-0.15, -0.1) is 0 Å². The van der Waals surface area contributed by atoms with E-state index in [9.17, 15) is 19.8 Å². The summed E-state index contributed by atoms with van der Waals surface area (Å²) in [6.07, 6.45) is 0.370. The average Bonchev–Trinajstić information content (AvgIpc) is 3.04. The van der Waals surface area contributed by atoms with Crippen LogP contribution >= 0.6 is 0 Å². The van der Waals surface area contributed by atoms with Crippen molar-refractivity contribution in [1.82, 2.24) is 9.80 Å². The summed E-state index contributed by atoms with van der Waals surface area (Å²) >= 11 is 0. The van der Waals surface area contributed by atoms with Gasteiger partial charge in [0.2, 0.25) is 0 Å². The van der Waals surface area contributed by atoms with Crippen LogP contribution in [0.1, 0.15) is 66.8 Å². The zero-order chi connectivity index (χ0) is 22.1. The van der Waals surface area contributed by atoms with Gasteiger partial charge in [0.1, 0.15) is 6.61 Å². The molecule has 1 aromatic rings. The first-order valence-electron chi connectivity index (χ1n) is 10.7. The lowest BCUT2D eigenvalue weighted by molar-refractivity contribution is 0.0535. The fourth-order valence-electron chi connectivity index (χ4n) is 4.52. The van der Waals surface area contributed by atoms with E-state index >= 15 is 0 Å². The fourth-order valence-corrected chi connectivity index (χ4v) is 4.52. The molecule has 7 heteroatoms. The number of aliphatic hydroxyl groups is 1.